The number of rotatable bonds is 8. The molecular weight excluding hydrogens is 312 g/mol. The fourth-order valence-electron chi connectivity index (χ4n) is 1.76. The van der Waals surface area contributed by atoms with Crippen LogP contribution in [0, 0.1) is 0 Å². The molecule has 0 radical (unpaired) electrons. The lowest BCUT2D eigenvalue weighted by atomic mass is 10.0. The van der Waals surface area contributed by atoms with E-state index in [-0.39, 0.29) is 18.4 Å². The lowest BCUT2D eigenvalue weighted by Crippen LogP contribution is -2.27. The van der Waals surface area contributed by atoms with Gasteiger partial charge in [0.1, 0.15) is 12.4 Å². The number of amides is 1. The van der Waals surface area contributed by atoms with Gasteiger partial charge in [-0.3, -0.25) is 4.79 Å². The lowest BCUT2D eigenvalue weighted by molar-refractivity contribution is -0.122. The van der Waals surface area contributed by atoms with Crippen LogP contribution in [0.4, 0.5) is 0 Å². The molecule has 0 bridgehead atoms. The van der Waals surface area contributed by atoms with Gasteiger partial charge >= 0.3 is 0 Å². The predicted octanol–water partition coefficient (Wildman–Crippen LogP) is 1.70. The van der Waals surface area contributed by atoms with Crippen LogP contribution in [0.3, 0.4) is 0 Å². The molecule has 0 saturated heterocycles. The van der Waals surface area contributed by atoms with Crippen LogP contribution in [0.25, 0.3) is 0 Å². The summed E-state index contributed by atoms with van der Waals surface area (Å²) < 4.78 is 5.99. The van der Waals surface area contributed by atoms with Gasteiger partial charge in [-0.25, -0.2) is 0 Å². The number of ether oxygens (including phenoxy) is 1. The highest BCUT2D eigenvalue weighted by Crippen LogP contribution is 2.29. The van der Waals surface area contributed by atoms with Crippen LogP contribution in [0.1, 0.15) is 24.9 Å². The molecule has 1 aromatic carbocycles. The first-order valence-electron chi connectivity index (χ1n) is 6.12. The van der Waals surface area contributed by atoms with Gasteiger partial charge in [0.2, 0.25) is 5.91 Å². The van der Waals surface area contributed by atoms with Crippen LogP contribution in [0.2, 0.25) is 0 Å². The molecule has 4 N–H and O–H groups in total. The van der Waals surface area contributed by atoms with Crippen molar-refractivity contribution >= 4 is 21.8 Å². The molecule has 0 fully saturated rings. The van der Waals surface area contributed by atoms with Crippen molar-refractivity contribution in [2.24, 2.45) is 5.73 Å². The number of hydrogen-bond acceptors (Lipinski definition) is 4. The van der Waals surface area contributed by atoms with E-state index in [0.29, 0.717) is 13.2 Å². The van der Waals surface area contributed by atoms with Gasteiger partial charge < -0.3 is 20.9 Å². The summed E-state index contributed by atoms with van der Waals surface area (Å²) in [6, 6.07) is 5.38. The van der Waals surface area contributed by atoms with Crippen LogP contribution < -0.4 is 11.1 Å². The Kier molecular flexibility index (Phi) is 6.83. The Morgan fingerprint density at radius 1 is 1.58 bits per heavy atom. The first-order chi connectivity index (χ1) is 9.04. The topological polar surface area (TPSA) is 84.6 Å². The van der Waals surface area contributed by atoms with E-state index in [4.69, 9.17) is 10.5 Å². The Morgan fingerprint density at radius 2 is 2.32 bits per heavy atom. The first kappa shape index (κ1) is 15.9. The highest BCUT2D eigenvalue weighted by atomic mass is 79.9. The van der Waals surface area contributed by atoms with Crippen LogP contribution in [-0.4, -0.2) is 30.8 Å². The molecule has 1 atom stereocenters. The van der Waals surface area contributed by atoms with Crippen LogP contribution >= 0.6 is 15.9 Å². The average molecular weight is 331 g/mol. The lowest BCUT2D eigenvalue weighted by Gasteiger charge is -2.18. The number of benzene rings is 1. The number of phenols is 1. The summed E-state index contributed by atoms with van der Waals surface area (Å²) >= 11 is 3.39. The summed E-state index contributed by atoms with van der Waals surface area (Å²) in [5.74, 6) is -0.211. The van der Waals surface area contributed by atoms with Crippen molar-refractivity contribution in [1.82, 2.24) is 5.32 Å². The predicted molar refractivity (Wildman–Crippen MR) is 76.9 cm³/mol. The molecular formula is C13H19BrN2O3. The van der Waals surface area contributed by atoms with Gasteiger partial charge in [0.05, 0.1) is 6.61 Å². The summed E-state index contributed by atoms with van der Waals surface area (Å²) in [4.78, 5) is 10.5. The SMILES string of the molecule is CCC(NCCOCC(N)=O)c1cc(Br)ccc1O. The van der Waals surface area contributed by atoms with Gasteiger partial charge in [-0.1, -0.05) is 22.9 Å². The number of carbonyl (C=O) groups excluding carboxylic acids is 1. The van der Waals surface area contributed by atoms with E-state index < -0.39 is 5.91 Å². The summed E-state index contributed by atoms with van der Waals surface area (Å²) in [6.07, 6.45) is 0.833. The van der Waals surface area contributed by atoms with Crippen molar-refractivity contribution in [3.8, 4) is 5.75 Å². The second-order valence-electron chi connectivity index (χ2n) is 4.14. The number of carbonyl (C=O) groups is 1. The van der Waals surface area contributed by atoms with Gasteiger partial charge in [0, 0.05) is 22.6 Å². The second-order valence-corrected chi connectivity index (χ2v) is 5.05. The number of primary amides is 1. The minimum absolute atomic E-state index is 0.0367. The number of aromatic hydroxyl groups is 1. The Bertz CT molecular complexity index is 426. The minimum Gasteiger partial charge on any atom is -0.508 e. The first-order valence-corrected chi connectivity index (χ1v) is 6.91. The van der Waals surface area contributed by atoms with E-state index in [0.717, 1.165) is 16.5 Å². The number of hydrogen-bond donors (Lipinski definition) is 3. The van der Waals surface area contributed by atoms with Crippen molar-refractivity contribution in [2.75, 3.05) is 19.8 Å². The van der Waals surface area contributed by atoms with Gasteiger partial charge in [-0.2, -0.15) is 0 Å². The summed E-state index contributed by atoms with van der Waals surface area (Å²) in [5, 5.41) is 13.1. The largest absolute Gasteiger partial charge is 0.508 e. The third kappa shape index (κ3) is 5.59. The zero-order chi connectivity index (χ0) is 14.3. The second kappa shape index (κ2) is 8.14. The molecule has 0 aliphatic rings. The highest BCUT2D eigenvalue weighted by Gasteiger charge is 2.13. The molecule has 19 heavy (non-hydrogen) atoms. The Morgan fingerprint density at radius 3 is 2.95 bits per heavy atom. The molecule has 0 heterocycles. The number of nitrogens with one attached hydrogen (secondary N) is 1. The Balaban J connectivity index is 2.49. The molecule has 0 spiro atoms. The van der Waals surface area contributed by atoms with E-state index in [1.807, 2.05) is 13.0 Å². The van der Waals surface area contributed by atoms with E-state index in [1.165, 1.54) is 0 Å². The van der Waals surface area contributed by atoms with Crippen molar-refractivity contribution in [2.45, 2.75) is 19.4 Å². The molecule has 1 unspecified atom stereocenters. The number of halogens is 1. The molecule has 1 amide bonds. The molecule has 1 aromatic rings. The fraction of sp³-hybridized carbons (Fsp3) is 0.462. The maximum atomic E-state index is 10.5. The highest BCUT2D eigenvalue weighted by molar-refractivity contribution is 9.10. The van der Waals surface area contributed by atoms with E-state index >= 15 is 0 Å². The molecule has 0 aliphatic heterocycles. The number of nitrogens with two attached hydrogens (primary N) is 1. The van der Waals surface area contributed by atoms with E-state index in [2.05, 4.69) is 21.2 Å². The third-order valence-electron chi connectivity index (χ3n) is 2.65. The minimum atomic E-state index is -0.475. The maximum Gasteiger partial charge on any atom is 0.243 e. The molecule has 106 valence electrons. The van der Waals surface area contributed by atoms with Crippen molar-refractivity contribution in [3.05, 3.63) is 28.2 Å². The summed E-state index contributed by atoms with van der Waals surface area (Å²) in [5.41, 5.74) is 5.81. The monoisotopic (exact) mass is 330 g/mol. The van der Waals surface area contributed by atoms with Gasteiger partial charge in [-0.05, 0) is 24.6 Å². The van der Waals surface area contributed by atoms with E-state index in [1.54, 1.807) is 12.1 Å². The molecule has 0 saturated carbocycles. The molecule has 0 aromatic heterocycles. The van der Waals surface area contributed by atoms with Crippen LogP contribution in [-0.2, 0) is 9.53 Å². The maximum absolute atomic E-state index is 10.5. The van der Waals surface area contributed by atoms with Gasteiger partial charge in [0.25, 0.3) is 0 Å². The van der Waals surface area contributed by atoms with E-state index in [9.17, 15) is 9.90 Å². The molecule has 6 heteroatoms. The Hall–Kier alpha value is -1.11. The molecule has 5 nitrogen and oxygen atoms in total. The van der Waals surface area contributed by atoms with Crippen LogP contribution in [0.15, 0.2) is 22.7 Å². The van der Waals surface area contributed by atoms with Crippen LogP contribution in [0.5, 0.6) is 5.75 Å². The molecule has 0 aliphatic carbocycles. The fourth-order valence-corrected chi connectivity index (χ4v) is 2.14. The molecule has 1 rings (SSSR count). The van der Waals surface area contributed by atoms with Crippen molar-refractivity contribution in [3.63, 3.8) is 0 Å². The smallest absolute Gasteiger partial charge is 0.243 e. The van der Waals surface area contributed by atoms with Crippen molar-refractivity contribution in [1.29, 1.82) is 0 Å². The third-order valence-corrected chi connectivity index (χ3v) is 3.15. The zero-order valence-corrected chi connectivity index (χ0v) is 12.4. The zero-order valence-electron chi connectivity index (χ0n) is 10.9. The van der Waals surface area contributed by atoms with Gasteiger partial charge in [0.15, 0.2) is 0 Å². The standard InChI is InChI=1S/C13H19BrN2O3/c1-2-11(16-5-6-19-8-13(15)18)10-7-9(14)3-4-12(10)17/h3-4,7,11,16-17H,2,5-6,8H2,1H3,(H2,15,18). The number of phenolic OH excluding ortho intramolecular Hbond substituents is 1. The normalized spacial score (nSPS) is 12.3. The van der Waals surface area contributed by atoms with Crippen molar-refractivity contribution < 1.29 is 14.6 Å². The quantitative estimate of drug-likeness (QED) is 0.633. The summed E-state index contributed by atoms with van der Waals surface area (Å²) in [7, 11) is 0. The summed E-state index contributed by atoms with van der Waals surface area (Å²) in [6.45, 7) is 2.94. The van der Waals surface area contributed by atoms with Gasteiger partial charge in [-0.15, -0.1) is 0 Å². The average Bonchev–Trinajstić information content (AvgIpc) is 2.37. The Labute approximate surface area is 121 Å².